The van der Waals surface area contributed by atoms with Crippen LogP contribution in [-0.4, -0.2) is 36.7 Å². The molecule has 0 aromatic rings. The molecular weight excluding hydrogens is 384 g/mol. The lowest BCUT2D eigenvalue weighted by atomic mass is 9.95. The third-order valence-corrected chi connectivity index (χ3v) is 5.18. The standard InChI is InChI=1S/C24H44O6/c1-19(2)13-11-9-7-6-8-10-12-18-27-22(25)28-20-14-16-21(17-15-20)29-23(26)30-24(3,4)5/h19-21H,6-18H2,1-5H3. The molecule has 1 rings (SSSR count). The molecule has 0 aromatic carbocycles. The number of unbranched alkanes of at least 4 members (excludes halogenated alkanes) is 6. The second kappa shape index (κ2) is 14.5. The lowest BCUT2D eigenvalue weighted by Gasteiger charge is -2.28. The molecule has 0 N–H and O–H groups in total. The van der Waals surface area contributed by atoms with E-state index in [-0.39, 0.29) is 12.2 Å². The van der Waals surface area contributed by atoms with Crippen molar-refractivity contribution in [1.29, 1.82) is 0 Å². The molecule has 0 spiro atoms. The summed E-state index contributed by atoms with van der Waals surface area (Å²) in [7, 11) is 0. The highest BCUT2D eigenvalue weighted by atomic mass is 16.7. The highest BCUT2D eigenvalue weighted by Crippen LogP contribution is 2.25. The first kappa shape index (κ1) is 26.6. The van der Waals surface area contributed by atoms with Crippen molar-refractivity contribution in [1.82, 2.24) is 0 Å². The van der Waals surface area contributed by atoms with E-state index in [1.54, 1.807) is 20.8 Å². The van der Waals surface area contributed by atoms with Crippen molar-refractivity contribution in [2.75, 3.05) is 6.61 Å². The molecule has 6 heteroatoms. The van der Waals surface area contributed by atoms with E-state index in [9.17, 15) is 9.59 Å². The van der Waals surface area contributed by atoms with Crippen molar-refractivity contribution >= 4 is 12.3 Å². The highest BCUT2D eigenvalue weighted by Gasteiger charge is 2.28. The minimum absolute atomic E-state index is 0.165. The van der Waals surface area contributed by atoms with Crippen molar-refractivity contribution in [3.8, 4) is 0 Å². The molecule has 0 unspecified atom stereocenters. The largest absolute Gasteiger partial charge is 0.509 e. The highest BCUT2D eigenvalue weighted by molar-refractivity contribution is 5.61. The Morgan fingerprint density at radius 2 is 1.23 bits per heavy atom. The summed E-state index contributed by atoms with van der Waals surface area (Å²) in [6.07, 6.45) is 10.8. The Labute approximate surface area is 183 Å². The number of carbonyl (C=O) groups is 2. The van der Waals surface area contributed by atoms with Crippen molar-refractivity contribution in [2.45, 2.75) is 129 Å². The summed E-state index contributed by atoms with van der Waals surface area (Å²) in [6.45, 7) is 10.4. The van der Waals surface area contributed by atoms with Gasteiger partial charge in [0.25, 0.3) is 0 Å². The van der Waals surface area contributed by atoms with Crippen molar-refractivity contribution in [3.63, 3.8) is 0 Å². The molecule has 0 aliphatic heterocycles. The van der Waals surface area contributed by atoms with Gasteiger partial charge in [-0.1, -0.05) is 58.8 Å². The number of ether oxygens (including phenoxy) is 4. The zero-order valence-electron chi connectivity index (χ0n) is 19.9. The first-order valence-electron chi connectivity index (χ1n) is 11.9. The molecule has 176 valence electrons. The minimum Gasteiger partial charge on any atom is -0.434 e. The van der Waals surface area contributed by atoms with E-state index in [4.69, 9.17) is 18.9 Å². The maximum Gasteiger partial charge on any atom is 0.509 e. The Bertz CT molecular complexity index is 475. The van der Waals surface area contributed by atoms with Gasteiger partial charge in [0, 0.05) is 0 Å². The quantitative estimate of drug-likeness (QED) is 0.242. The monoisotopic (exact) mass is 428 g/mol. The van der Waals surface area contributed by atoms with E-state index in [1.165, 1.54) is 38.5 Å². The molecule has 0 radical (unpaired) electrons. The predicted octanol–water partition coefficient (Wildman–Crippen LogP) is 7.18. The molecule has 6 nitrogen and oxygen atoms in total. The van der Waals surface area contributed by atoms with Crippen LogP contribution in [-0.2, 0) is 18.9 Å². The predicted molar refractivity (Wildman–Crippen MR) is 118 cm³/mol. The van der Waals surface area contributed by atoms with Gasteiger partial charge >= 0.3 is 12.3 Å². The summed E-state index contributed by atoms with van der Waals surface area (Å²) in [5, 5.41) is 0. The molecule has 1 aliphatic rings. The van der Waals surface area contributed by atoms with Gasteiger partial charge in [0.05, 0.1) is 6.61 Å². The second-order valence-electron chi connectivity index (χ2n) is 9.85. The average molecular weight is 429 g/mol. The van der Waals surface area contributed by atoms with Crippen LogP contribution in [0.2, 0.25) is 0 Å². The first-order chi connectivity index (χ1) is 14.2. The van der Waals surface area contributed by atoms with Gasteiger partial charge < -0.3 is 18.9 Å². The van der Waals surface area contributed by atoms with Gasteiger partial charge in [0.15, 0.2) is 0 Å². The lowest BCUT2D eigenvalue weighted by Crippen LogP contribution is -2.32. The van der Waals surface area contributed by atoms with Gasteiger partial charge in [-0.3, -0.25) is 0 Å². The summed E-state index contributed by atoms with van der Waals surface area (Å²) in [5.41, 5.74) is -0.561. The smallest absolute Gasteiger partial charge is 0.434 e. The molecule has 30 heavy (non-hydrogen) atoms. The average Bonchev–Trinajstić information content (AvgIpc) is 2.63. The summed E-state index contributed by atoms with van der Waals surface area (Å²) in [5.74, 6) is 0.808. The van der Waals surface area contributed by atoms with Crippen LogP contribution < -0.4 is 0 Å². The van der Waals surface area contributed by atoms with E-state index in [0.717, 1.165) is 18.8 Å². The summed E-state index contributed by atoms with van der Waals surface area (Å²) < 4.78 is 21.1. The van der Waals surface area contributed by atoms with Gasteiger partial charge in [-0.05, 0) is 58.8 Å². The van der Waals surface area contributed by atoms with Crippen molar-refractivity contribution in [3.05, 3.63) is 0 Å². The summed E-state index contributed by atoms with van der Waals surface area (Å²) in [4.78, 5) is 23.6. The molecule has 0 atom stereocenters. The molecule has 0 aromatic heterocycles. The van der Waals surface area contributed by atoms with Gasteiger partial charge in [0.1, 0.15) is 17.8 Å². The van der Waals surface area contributed by atoms with Crippen LogP contribution in [0.5, 0.6) is 0 Å². The third kappa shape index (κ3) is 14.5. The van der Waals surface area contributed by atoms with E-state index >= 15 is 0 Å². The maximum atomic E-state index is 11.8. The molecule has 0 amide bonds. The number of rotatable bonds is 12. The third-order valence-electron chi connectivity index (χ3n) is 5.18. The fraction of sp³-hybridized carbons (Fsp3) is 0.917. The fourth-order valence-corrected chi connectivity index (χ4v) is 3.54. The molecular formula is C24H44O6. The van der Waals surface area contributed by atoms with Crippen LogP contribution in [0.1, 0.15) is 112 Å². The Kier molecular flexibility index (Phi) is 12.9. The number of carbonyl (C=O) groups excluding carboxylic acids is 2. The topological polar surface area (TPSA) is 71.1 Å². The Morgan fingerprint density at radius 1 is 0.767 bits per heavy atom. The SMILES string of the molecule is CC(C)CCCCCCCCCOC(=O)OC1CCC(OC(=O)OC(C)(C)C)CC1. The van der Waals surface area contributed by atoms with E-state index in [2.05, 4.69) is 13.8 Å². The second-order valence-corrected chi connectivity index (χ2v) is 9.85. The summed E-state index contributed by atoms with van der Waals surface area (Å²) in [6, 6.07) is 0. The lowest BCUT2D eigenvalue weighted by molar-refractivity contribution is -0.0494. The van der Waals surface area contributed by atoms with Crippen LogP contribution >= 0.6 is 0 Å². The minimum atomic E-state index is -0.637. The molecule has 1 aliphatic carbocycles. The van der Waals surface area contributed by atoms with Crippen LogP contribution in [0.25, 0.3) is 0 Å². The van der Waals surface area contributed by atoms with Crippen molar-refractivity contribution in [2.24, 2.45) is 5.92 Å². The van der Waals surface area contributed by atoms with Crippen LogP contribution in [0.15, 0.2) is 0 Å². The maximum absolute atomic E-state index is 11.8. The molecule has 1 fully saturated rings. The summed E-state index contributed by atoms with van der Waals surface area (Å²) >= 11 is 0. The van der Waals surface area contributed by atoms with Gasteiger partial charge in [0.2, 0.25) is 0 Å². The van der Waals surface area contributed by atoms with Crippen molar-refractivity contribution < 1.29 is 28.5 Å². The first-order valence-corrected chi connectivity index (χ1v) is 11.9. The van der Waals surface area contributed by atoms with E-state index in [0.29, 0.717) is 32.3 Å². The van der Waals surface area contributed by atoms with Gasteiger partial charge in [-0.25, -0.2) is 9.59 Å². The zero-order valence-corrected chi connectivity index (χ0v) is 19.9. The Balaban J connectivity index is 1.99. The zero-order chi connectivity index (χ0) is 22.4. The normalized spacial score (nSPS) is 19.4. The van der Waals surface area contributed by atoms with Gasteiger partial charge in [-0.2, -0.15) is 0 Å². The number of hydrogen-bond donors (Lipinski definition) is 0. The molecule has 0 saturated heterocycles. The molecule has 1 saturated carbocycles. The molecule has 0 bridgehead atoms. The Hall–Kier alpha value is -1.46. The fourth-order valence-electron chi connectivity index (χ4n) is 3.54. The van der Waals surface area contributed by atoms with Crippen LogP contribution in [0, 0.1) is 5.92 Å². The van der Waals surface area contributed by atoms with Crippen LogP contribution in [0.4, 0.5) is 9.59 Å². The van der Waals surface area contributed by atoms with E-state index in [1.807, 2.05) is 0 Å². The molecule has 0 heterocycles. The number of hydrogen-bond acceptors (Lipinski definition) is 6. The van der Waals surface area contributed by atoms with E-state index < -0.39 is 17.9 Å². The van der Waals surface area contributed by atoms with Crippen LogP contribution in [0.3, 0.4) is 0 Å². The Morgan fingerprint density at radius 3 is 1.73 bits per heavy atom. The van der Waals surface area contributed by atoms with Gasteiger partial charge in [-0.15, -0.1) is 0 Å².